The van der Waals surface area contributed by atoms with E-state index in [1.165, 1.54) is 18.3 Å². The van der Waals surface area contributed by atoms with E-state index in [0.717, 1.165) is 22.9 Å². The number of rotatable bonds is 6. The second kappa shape index (κ2) is 9.39. The molecule has 3 aromatic rings. The Kier molecular flexibility index (Phi) is 6.62. The first-order valence-electron chi connectivity index (χ1n) is 10.0. The number of aromatic carboxylic acids is 2. The van der Waals surface area contributed by atoms with E-state index in [1.54, 1.807) is 30.5 Å². The molecule has 1 heterocycles. The summed E-state index contributed by atoms with van der Waals surface area (Å²) in [6.07, 6.45) is 1.47. The number of nitrogens with zero attached hydrogens (tertiary/aromatic N) is 2. The average molecular weight is 448 g/mol. The highest BCUT2D eigenvalue weighted by Crippen LogP contribution is 2.22. The smallest absolute Gasteiger partial charge is 0.339 e. The predicted octanol–water partition coefficient (Wildman–Crippen LogP) is 4.26. The van der Waals surface area contributed by atoms with Gasteiger partial charge in [-0.2, -0.15) is 5.10 Å². The Bertz CT molecular complexity index is 1260. The Labute approximate surface area is 190 Å². The predicted molar refractivity (Wildman–Crippen MR) is 125 cm³/mol. The van der Waals surface area contributed by atoms with Crippen LogP contribution in [0.1, 0.15) is 48.8 Å². The van der Waals surface area contributed by atoms with E-state index in [4.69, 9.17) is 0 Å². The summed E-state index contributed by atoms with van der Waals surface area (Å²) in [6, 6.07) is 10.8. The number of carbonyl (C=O) groups is 3. The maximum Gasteiger partial charge on any atom is 0.339 e. The standard InChI is InChI=1S/C24H24N4O5/c1-13-5-6-20(7-14(13)2)26-24(33)27-25-12-19-8-15(3)28(16(19)4)21-10-17(22(29)30)9-18(11-21)23(31)32/h5-12H,1-4H3,(H,29,30)(H,31,32)(H2,26,27,33)/b25-12+. The minimum atomic E-state index is -1.22. The SMILES string of the molecule is Cc1ccc(NC(=O)N/N=C/c2cc(C)n(-c3cc(C(=O)O)cc(C(=O)O)c3)c2C)cc1C. The molecule has 0 atom stereocenters. The molecule has 2 amide bonds. The van der Waals surface area contributed by atoms with Gasteiger partial charge in [-0.1, -0.05) is 6.07 Å². The van der Waals surface area contributed by atoms with Crippen molar-refractivity contribution in [2.45, 2.75) is 27.7 Å². The lowest BCUT2D eigenvalue weighted by molar-refractivity contribution is 0.0696. The molecule has 0 saturated heterocycles. The van der Waals surface area contributed by atoms with Gasteiger partial charge in [0, 0.05) is 28.3 Å². The Morgan fingerprint density at radius 3 is 2.09 bits per heavy atom. The van der Waals surface area contributed by atoms with E-state index in [0.29, 0.717) is 22.6 Å². The van der Waals surface area contributed by atoms with E-state index >= 15 is 0 Å². The molecule has 9 heteroatoms. The number of hydrogen-bond donors (Lipinski definition) is 4. The van der Waals surface area contributed by atoms with Crippen LogP contribution in [0.15, 0.2) is 47.6 Å². The number of carboxylic acids is 2. The van der Waals surface area contributed by atoms with Crippen LogP contribution in [0.25, 0.3) is 5.69 Å². The molecule has 2 aromatic carbocycles. The van der Waals surface area contributed by atoms with Crippen molar-refractivity contribution in [3.63, 3.8) is 0 Å². The van der Waals surface area contributed by atoms with Crippen LogP contribution in [0.4, 0.5) is 10.5 Å². The maximum atomic E-state index is 12.1. The van der Waals surface area contributed by atoms with Crippen LogP contribution in [0.2, 0.25) is 0 Å². The maximum absolute atomic E-state index is 12.1. The summed E-state index contributed by atoms with van der Waals surface area (Å²) in [6.45, 7) is 7.54. The third-order valence-electron chi connectivity index (χ3n) is 5.27. The fourth-order valence-corrected chi connectivity index (χ4v) is 3.44. The van der Waals surface area contributed by atoms with Gasteiger partial charge in [-0.25, -0.2) is 19.8 Å². The largest absolute Gasteiger partial charge is 0.478 e. The van der Waals surface area contributed by atoms with Crippen molar-refractivity contribution >= 4 is 29.9 Å². The van der Waals surface area contributed by atoms with Crippen molar-refractivity contribution in [1.82, 2.24) is 9.99 Å². The number of aromatic nitrogens is 1. The molecular weight excluding hydrogens is 424 g/mol. The summed E-state index contributed by atoms with van der Waals surface area (Å²) in [5.41, 5.74) is 7.51. The molecule has 4 N–H and O–H groups in total. The highest BCUT2D eigenvalue weighted by molar-refractivity contribution is 5.95. The van der Waals surface area contributed by atoms with E-state index in [-0.39, 0.29) is 11.1 Å². The van der Waals surface area contributed by atoms with Gasteiger partial charge in [0.2, 0.25) is 0 Å². The number of urea groups is 1. The van der Waals surface area contributed by atoms with Crippen molar-refractivity contribution in [2.75, 3.05) is 5.32 Å². The van der Waals surface area contributed by atoms with Gasteiger partial charge >= 0.3 is 18.0 Å². The average Bonchev–Trinajstić information content (AvgIpc) is 3.03. The normalized spacial score (nSPS) is 10.9. The Hall–Kier alpha value is -4.40. The molecule has 0 aliphatic carbocycles. The van der Waals surface area contributed by atoms with E-state index in [1.807, 2.05) is 26.0 Å². The number of amides is 2. The third kappa shape index (κ3) is 5.27. The number of nitrogens with one attached hydrogen (secondary N) is 2. The van der Waals surface area contributed by atoms with Crippen LogP contribution in [0, 0.1) is 27.7 Å². The molecule has 0 spiro atoms. The molecular formula is C24H24N4O5. The highest BCUT2D eigenvalue weighted by Gasteiger charge is 2.16. The summed E-state index contributed by atoms with van der Waals surface area (Å²) < 4.78 is 1.73. The molecule has 0 aliphatic heterocycles. The number of anilines is 1. The first-order valence-corrected chi connectivity index (χ1v) is 10.0. The monoisotopic (exact) mass is 448 g/mol. The minimum absolute atomic E-state index is 0.128. The van der Waals surface area contributed by atoms with Crippen molar-refractivity contribution in [1.29, 1.82) is 0 Å². The van der Waals surface area contributed by atoms with Crippen LogP contribution in [-0.2, 0) is 0 Å². The number of carboxylic acid groups (broad SMARTS) is 2. The number of carbonyl (C=O) groups excluding carboxylic acids is 1. The Morgan fingerprint density at radius 1 is 0.879 bits per heavy atom. The van der Waals surface area contributed by atoms with Crippen LogP contribution < -0.4 is 10.7 Å². The fraction of sp³-hybridized carbons (Fsp3) is 0.167. The molecule has 1 aromatic heterocycles. The molecule has 3 rings (SSSR count). The molecule has 9 nitrogen and oxygen atoms in total. The molecule has 0 unspecified atom stereocenters. The van der Waals surface area contributed by atoms with E-state index < -0.39 is 18.0 Å². The van der Waals surface area contributed by atoms with Gasteiger partial charge in [0.1, 0.15) is 0 Å². The van der Waals surface area contributed by atoms with Crippen LogP contribution in [-0.4, -0.2) is 39.0 Å². The molecule has 33 heavy (non-hydrogen) atoms. The zero-order valence-corrected chi connectivity index (χ0v) is 18.6. The van der Waals surface area contributed by atoms with Gasteiger partial charge in [-0.15, -0.1) is 0 Å². The lowest BCUT2D eigenvalue weighted by Gasteiger charge is -2.12. The van der Waals surface area contributed by atoms with Gasteiger partial charge in [0.05, 0.1) is 17.3 Å². The minimum Gasteiger partial charge on any atom is -0.478 e. The Balaban J connectivity index is 1.81. The van der Waals surface area contributed by atoms with Crippen LogP contribution in [0.3, 0.4) is 0 Å². The third-order valence-corrected chi connectivity index (χ3v) is 5.27. The summed E-state index contributed by atoms with van der Waals surface area (Å²) >= 11 is 0. The van der Waals surface area contributed by atoms with Gasteiger partial charge in [0.25, 0.3) is 0 Å². The Morgan fingerprint density at radius 2 is 1.52 bits per heavy atom. The first kappa shape index (κ1) is 23.3. The van der Waals surface area contributed by atoms with Crippen LogP contribution in [0.5, 0.6) is 0 Å². The topological polar surface area (TPSA) is 133 Å². The molecule has 0 aliphatic rings. The number of hydrazone groups is 1. The van der Waals surface area contributed by atoms with Crippen molar-refractivity contribution < 1.29 is 24.6 Å². The second-order valence-corrected chi connectivity index (χ2v) is 7.66. The number of hydrogen-bond acceptors (Lipinski definition) is 4. The summed E-state index contributed by atoms with van der Waals surface area (Å²) in [5.74, 6) is -2.44. The molecule has 0 fully saturated rings. The lowest BCUT2D eigenvalue weighted by Crippen LogP contribution is -2.24. The number of benzene rings is 2. The zero-order valence-electron chi connectivity index (χ0n) is 18.6. The van der Waals surface area contributed by atoms with Crippen molar-refractivity contribution in [3.8, 4) is 5.69 Å². The molecule has 170 valence electrons. The van der Waals surface area contributed by atoms with Crippen LogP contribution >= 0.6 is 0 Å². The van der Waals surface area contributed by atoms with Crippen molar-refractivity contribution in [3.05, 3.63) is 81.7 Å². The fourth-order valence-electron chi connectivity index (χ4n) is 3.44. The highest BCUT2D eigenvalue weighted by atomic mass is 16.4. The molecule has 0 bridgehead atoms. The second-order valence-electron chi connectivity index (χ2n) is 7.66. The van der Waals surface area contributed by atoms with E-state index in [2.05, 4.69) is 15.8 Å². The van der Waals surface area contributed by atoms with Gasteiger partial charge in [-0.3, -0.25) is 0 Å². The van der Waals surface area contributed by atoms with Gasteiger partial charge in [-0.05, 0) is 75.2 Å². The van der Waals surface area contributed by atoms with Crippen molar-refractivity contribution in [2.24, 2.45) is 5.10 Å². The number of aryl methyl sites for hydroxylation is 3. The van der Waals surface area contributed by atoms with Gasteiger partial charge < -0.3 is 20.1 Å². The quantitative estimate of drug-likeness (QED) is 0.330. The zero-order chi connectivity index (χ0) is 24.3. The summed E-state index contributed by atoms with van der Waals surface area (Å²) in [4.78, 5) is 35.0. The molecule has 0 radical (unpaired) electrons. The van der Waals surface area contributed by atoms with Gasteiger partial charge in [0.15, 0.2) is 0 Å². The summed E-state index contributed by atoms with van der Waals surface area (Å²) in [7, 11) is 0. The lowest BCUT2D eigenvalue weighted by atomic mass is 10.1. The first-order chi connectivity index (χ1) is 15.6. The summed E-state index contributed by atoms with van der Waals surface area (Å²) in [5, 5.41) is 25.4. The molecule has 0 saturated carbocycles. The van der Waals surface area contributed by atoms with E-state index in [9.17, 15) is 24.6 Å².